The Balaban J connectivity index is 0.00000225. The Morgan fingerprint density at radius 1 is 1.28 bits per heavy atom. The molecule has 0 amide bonds. The van der Waals surface area contributed by atoms with Crippen LogP contribution in [-0.4, -0.2) is 73.1 Å². The van der Waals surface area contributed by atoms with E-state index in [-0.39, 0.29) is 24.0 Å². The highest BCUT2D eigenvalue weighted by atomic mass is 127. The minimum atomic E-state index is 0. The molecule has 1 saturated carbocycles. The van der Waals surface area contributed by atoms with Gasteiger partial charge in [0.05, 0.1) is 6.54 Å². The maximum Gasteiger partial charge on any atom is 0.191 e. The number of anilines is 1. The quantitative estimate of drug-likeness (QED) is 0.400. The number of aliphatic imine (C=N–C) groups is 1. The molecule has 0 unspecified atom stereocenters. The van der Waals surface area contributed by atoms with Crippen molar-refractivity contribution in [3.63, 3.8) is 0 Å². The van der Waals surface area contributed by atoms with Crippen LogP contribution < -0.4 is 10.6 Å². The molecular formula is C17H31IN6S. The van der Waals surface area contributed by atoms with E-state index in [0.29, 0.717) is 5.96 Å². The molecule has 1 saturated heterocycles. The maximum absolute atomic E-state index is 6.20. The first-order valence-corrected chi connectivity index (χ1v) is 10.0. The third kappa shape index (κ3) is 5.96. The first kappa shape index (κ1) is 20.7. The normalized spacial score (nSPS) is 20.0. The number of rotatable bonds is 5. The molecule has 1 aliphatic carbocycles. The van der Waals surface area contributed by atoms with Gasteiger partial charge in [-0.15, -0.1) is 35.3 Å². The summed E-state index contributed by atoms with van der Waals surface area (Å²) in [4.78, 5) is 16.0. The van der Waals surface area contributed by atoms with Crippen molar-refractivity contribution in [3.05, 3.63) is 11.6 Å². The lowest BCUT2D eigenvalue weighted by atomic mass is 9.94. The van der Waals surface area contributed by atoms with Gasteiger partial charge in [-0.2, -0.15) is 0 Å². The Kier molecular flexibility index (Phi) is 8.71. The smallest absolute Gasteiger partial charge is 0.191 e. The van der Waals surface area contributed by atoms with Crippen molar-refractivity contribution in [3.8, 4) is 0 Å². The largest absolute Gasteiger partial charge is 0.370 e. The highest BCUT2D eigenvalue weighted by Crippen LogP contribution is 2.21. The third-order valence-corrected chi connectivity index (χ3v) is 6.05. The predicted octanol–water partition coefficient (Wildman–Crippen LogP) is 2.46. The van der Waals surface area contributed by atoms with Gasteiger partial charge >= 0.3 is 0 Å². The number of nitrogens with zero attached hydrogens (tertiary/aromatic N) is 5. The first-order valence-electron chi connectivity index (χ1n) is 9.13. The monoisotopic (exact) mass is 478 g/mol. The van der Waals surface area contributed by atoms with Crippen LogP contribution in [0.3, 0.4) is 0 Å². The number of halogens is 1. The van der Waals surface area contributed by atoms with Gasteiger partial charge in [-0.1, -0.05) is 19.3 Å². The molecule has 0 bridgehead atoms. The molecule has 2 heterocycles. The summed E-state index contributed by atoms with van der Waals surface area (Å²) in [5, 5.41) is 3.14. The second kappa shape index (κ2) is 10.5. The predicted molar refractivity (Wildman–Crippen MR) is 117 cm³/mol. The third-order valence-electron chi connectivity index (χ3n) is 5.22. The minimum Gasteiger partial charge on any atom is -0.370 e. The van der Waals surface area contributed by atoms with Crippen molar-refractivity contribution < 1.29 is 0 Å². The van der Waals surface area contributed by atoms with Gasteiger partial charge in [0, 0.05) is 50.3 Å². The standard InChI is InChI=1S/C17H30N6S.HI/c1-21(15-5-3-2-4-6-15)9-7-19-16(18)22-10-12-23(13-11-22)17-20-8-14-24-17;/h8,14-15H,2-7,9-13H2,1H3,(H2,18,19);1H. The molecule has 25 heavy (non-hydrogen) atoms. The Bertz CT molecular complexity index is 509. The number of hydrogen-bond acceptors (Lipinski definition) is 5. The fourth-order valence-electron chi connectivity index (χ4n) is 3.63. The van der Waals surface area contributed by atoms with Crippen LogP contribution in [0, 0.1) is 0 Å². The fraction of sp³-hybridized carbons (Fsp3) is 0.765. The highest BCUT2D eigenvalue weighted by molar-refractivity contribution is 14.0. The van der Waals surface area contributed by atoms with Crippen LogP contribution >= 0.6 is 35.3 Å². The molecule has 0 atom stereocenters. The van der Waals surface area contributed by atoms with Crippen LogP contribution in [0.4, 0.5) is 5.13 Å². The molecule has 2 aliphatic rings. The molecule has 1 aromatic heterocycles. The molecule has 0 aromatic carbocycles. The van der Waals surface area contributed by atoms with Crippen molar-refractivity contribution >= 4 is 46.4 Å². The molecule has 2 N–H and O–H groups in total. The average Bonchev–Trinajstić information content (AvgIpc) is 3.17. The van der Waals surface area contributed by atoms with E-state index in [0.717, 1.165) is 50.4 Å². The Labute approximate surface area is 172 Å². The fourth-order valence-corrected chi connectivity index (χ4v) is 4.32. The van der Waals surface area contributed by atoms with Crippen molar-refractivity contribution in [2.45, 2.75) is 38.1 Å². The van der Waals surface area contributed by atoms with Crippen LogP contribution in [0.1, 0.15) is 32.1 Å². The summed E-state index contributed by atoms with van der Waals surface area (Å²) in [6, 6.07) is 0.747. The van der Waals surface area contributed by atoms with Crippen LogP contribution in [0.15, 0.2) is 16.6 Å². The van der Waals surface area contributed by atoms with E-state index >= 15 is 0 Å². The molecule has 0 radical (unpaired) electrons. The Morgan fingerprint density at radius 3 is 2.64 bits per heavy atom. The van der Waals surface area contributed by atoms with Gasteiger partial charge in [-0.25, -0.2) is 4.98 Å². The SMILES string of the molecule is CN(CCN=C(N)N1CCN(c2nccs2)CC1)C1CCCCC1.I. The van der Waals surface area contributed by atoms with Crippen LogP contribution in [0.25, 0.3) is 0 Å². The lowest BCUT2D eigenvalue weighted by Crippen LogP contribution is -2.51. The highest BCUT2D eigenvalue weighted by Gasteiger charge is 2.20. The lowest BCUT2D eigenvalue weighted by molar-refractivity contribution is 0.196. The van der Waals surface area contributed by atoms with Gasteiger partial charge in [0.15, 0.2) is 11.1 Å². The van der Waals surface area contributed by atoms with Crippen molar-refractivity contribution in [1.82, 2.24) is 14.8 Å². The number of likely N-dealkylation sites (N-methyl/N-ethyl adjacent to an activating group) is 1. The van der Waals surface area contributed by atoms with Crippen LogP contribution in [-0.2, 0) is 0 Å². The Hall–Kier alpha value is -0.610. The zero-order chi connectivity index (χ0) is 16.8. The molecule has 1 aromatic rings. The van der Waals surface area contributed by atoms with Crippen molar-refractivity contribution in [1.29, 1.82) is 0 Å². The summed E-state index contributed by atoms with van der Waals surface area (Å²) in [6.07, 6.45) is 8.71. The lowest BCUT2D eigenvalue weighted by Gasteiger charge is -2.35. The number of hydrogen-bond donors (Lipinski definition) is 1. The van der Waals surface area contributed by atoms with E-state index in [1.807, 2.05) is 11.6 Å². The molecular weight excluding hydrogens is 447 g/mol. The summed E-state index contributed by atoms with van der Waals surface area (Å²) in [5.41, 5.74) is 6.20. The second-order valence-electron chi connectivity index (χ2n) is 6.80. The number of guanidine groups is 1. The van der Waals surface area contributed by atoms with Crippen LogP contribution in [0.5, 0.6) is 0 Å². The van der Waals surface area contributed by atoms with E-state index in [1.165, 1.54) is 32.1 Å². The van der Waals surface area contributed by atoms with Crippen LogP contribution in [0.2, 0.25) is 0 Å². The number of piperazine rings is 1. The zero-order valence-corrected chi connectivity index (χ0v) is 18.3. The topological polar surface area (TPSA) is 61.0 Å². The number of nitrogens with two attached hydrogens (primary N) is 1. The second-order valence-corrected chi connectivity index (χ2v) is 7.67. The van der Waals surface area contributed by atoms with Gasteiger partial charge in [-0.3, -0.25) is 4.99 Å². The Morgan fingerprint density at radius 2 is 2.00 bits per heavy atom. The molecule has 0 spiro atoms. The molecule has 142 valence electrons. The van der Waals surface area contributed by atoms with E-state index in [2.05, 4.69) is 31.7 Å². The number of thiazole rings is 1. The van der Waals surface area contributed by atoms with Crippen molar-refractivity contribution in [2.24, 2.45) is 10.7 Å². The minimum absolute atomic E-state index is 0. The van der Waals surface area contributed by atoms with Gasteiger partial charge in [0.25, 0.3) is 0 Å². The van der Waals surface area contributed by atoms with E-state index in [4.69, 9.17) is 5.73 Å². The first-order chi connectivity index (χ1) is 11.7. The summed E-state index contributed by atoms with van der Waals surface area (Å²) >= 11 is 1.70. The van der Waals surface area contributed by atoms with E-state index < -0.39 is 0 Å². The average molecular weight is 478 g/mol. The van der Waals surface area contributed by atoms with Gasteiger partial charge in [0.1, 0.15) is 0 Å². The van der Waals surface area contributed by atoms with E-state index in [1.54, 1.807) is 11.3 Å². The number of aromatic nitrogens is 1. The molecule has 8 heteroatoms. The summed E-state index contributed by atoms with van der Waals surface area (Å²) in [5.74, 6) is 0.700. The van der Waals surface area contributed by atoms with Gasteiger partial charge in [0.2, 0.25) is 0 Å². The van der Waals surface area contributed by atoms with Crippen molar-refractivity contribution in [2.75, 3.05) is 51.2 Å². The zero-order valence-electron chi connectivity index (χ0n) is 15.1. The molecule has 2 fully saturated rings. The van der Waals surface area contributed by atoms with Gasteiger partial charge in [-0.05, 0) is 19.9 Å². The molecule has 6 nitrogen and oxygen atoms in total. The van der Waals surface area contributed by atoms with E-state index in [9.17, 15) is 0 Å². The molecule has 3 rings (SSSR count). The van der Waals surface area contributed by atoms with Gasteiger partial charge < -0.3 is 20.4 Å². The summed E-state index contributed by atoms with van der Waals surface area (Å²) < 4.78 is 0. The summed E-state index contributed by atoms with van der Waals surface area (Å²) in [7, 11) is 2.23. The maximum atomic E-state index is 6.20. The summed E-state index contributed by atoms with van der Waals surface area (Å²) in [6.45, 7) is 5.58. The molecule has 1 aliphatic heterocycles.